The highest BCUT2D eigenvalue weighted by atomic mass is 16.6. The van der Waals surface area contributed by atoms with Crippen LogP contribution in [-0.4, -0.2) is 47.7 Å². The van der Waals surface area contributed by atoms with Crippen molar-refractivity contribution in [3.8, 4) is 23.3 Å². The summed E-state index contributed by atoms with van der Waals surface area (Å²) in [6.45, 7) is 1.59. The molecule has 9 heteroatoms. The van der Waals surface area contributed by atoms with Crippen molar-refractivity contribution < 1.29 is 24.1 Å². The minimum absolute atomic E-state index is 0.00958. The molecule has 9 nitrogen and oxygen atoms in total. The number of aliphatic hydroxyl groups is 1. The quantitative estimate of drug-likeness (QED) is 0.235. The number of hydrogen-bond acceptors (Lipinski definition) is 7. The lowest BCUT2D eigenvalue weighted by molar-refractivity contribution is -0.0944. The summed E-state index contributed by atoms with van der Waals surface area (Å²) >= 11 is 0. The lowest BCUT2D eigenvalue weighted by atomic mass is 9.80. The van der Waals surface area contributed by atoms with E-state index in [1.165, 1.54) is 10.8 Å². The second kappa shape index (κ2) is 12.5. The van der Waals surface area contributed by atoms with E-state index < -0.39 is 35.3 Å². The molecule has 1 saturated heterocycles. The van der Waals surface area contributed by atoms with E-state index in [4.69, 9.17) is 18.9 Å². The number of nitrogens with zero attached hydrogens (tertiary/aromatic N) is 1. The molecule has 0 saturated carbocycles. The van der Waals surface area contributed by atoms with E-state index in [0.717, 1.165) is 16.7 Å². The topological polar surface area (TPSA) is 112 Å². The molecule has 42 heavy (non-hydrogen) atoms. The van der Waals surface area contributed by atoms with Crippen LogP contribution in [0, 0.1) is 11.8 Å². The third-order valence-corrected chi connectivity index (χ3v) is 7.38. The number of H-pyrrole nitrogens is 1. The number of nitrogens with one attached hydrogen (secondary N) is 1. The van der Waals surface area contributed by atoms with Crippen LogP contribution in [0.5, 0.6) is 11.5 Å². The number of ether oxygens (including phenoxy) is 4. The van der Waals surface area contributed by atoms with E-state index in [0.29, 0.717) is 11.5 Å². The van der Waals surface area contributed by atoms with Gasteiger partial charge < -0.3 is 24.1 Å². The molecule has 0 spiro atoms. The van der Waals surface area contributed by atoms with Crippen LogP contribution in [0.1, 0.15) is 41.8 Å². The normalized spacial score (nSPS) is 18.2. The van der Waals surface area contributed by atoms with Crippen molar-refractivity contribution in [3.63, 3.8) is 0 Å². The Labute approximate surface area is 243 Å². The van der Waals surface area contributed by atoms with Crippen molar-refractivity contribution in [3.05, 3.63) is 128 Å². The van der Waals surface area contributed by atoms with E-state index in [9.17, 15) is 14.7 Å². The van der Waals surface area contributed by atoms with Gasteiger partial charge in [-0.2, -0.15) is 0 Å². The van der Waals surface area contributed by atoms with E-state index in [1.54, 1.807) is 21.1 Å². The predicted octanol–water partition coefficient (Wildman–Crippen LogP) is 3.58. The first-order chi connectivity index (χ1) is 20.4. The molecule has 1 aliphatic rings. The molecule has 5 rings (SSSR count). The Kier molecular flexibility index (Phi) is 8.59. The van der Waals surface area contributed by atoms with Crippen molar-refractivity contribution in [2.75, 3.05) is 20.8 Å². The molecule has 0 radical (unpaired) electrons. The average Bonchev–Trinajstić information content (AvgIpc) is 3.39. The number of aromatic nitrogens is 2. The first kappa shape index (κ1) is 28.9. The lowest BCUT2D eigenvalue weighted by Gasteiger charge is -2.37. The summed E-state index contributed by atoms with van der Waals surface area (Å²) in [6.07, 6.45) is -1.03. The number of aromatic amines is 1. The van der Waals surface area contributed by atoms with Crippen molar-refractivity contribution in [1.82, 2.24) is 9.55 Å². The van der Waals surface area contributed by atoms with Crippen molar-refractivity contribution in [2.45, 2.75) is 37.4 Å². The zero-order chi connectivity index (χ0) is 29.7. The highest BCUT2D eigenvalue weighted by molar-refractivity contribution is 5.49. The standard InChI is InChI=1S/C33H32N2O7/c1-4-8-22-20-35(32(38)34-31(22)37)30-19-28(36)29(42-30)21-41-33(23-9-6-5-7-10-23,24-11-15-26(39-2)16-12-24)25-13-17-27(40-3)18-14-25/h5-7,9-18,20,28-30,36H,19,21H2,1-3H3,(H,34,37,38)/t28-,29+,30+/m0/s1. The van der Waals surface area contributed by atoms with Crippen LogP contribution in [0.25, 0.3) is 0 Å². The van der Waals surface area contributed by atoms with Crippen LogP contribution < -0.4 is 20.7 Å². The maximum atomic E-state index is 12.6. The van der Waals surface area contributed by atoms with Gasteiger partial charge >= 0.3 is 5.69 Å². The van der Waals surface area contributed by atoms with Crippen LogP contribution >= 0.6 is 0 Å². The Morgan fingerprint density at radius 3 is 2.05 bits per heavy atom. The third kappa shape index (κ3) is 5.60. The zero-order valence-electron chi connectivity index (χ0n) is 23.6. The minimum atomic E-state index is -1.10. The van der Waals surface area contributed by atoms with Gasteiger partial charge in [-0.15, -0.1) is 5.92 Å². The summed E-state index contributed by atoms with van der Waals surface area (Å²) in [5.41, 5.74) is 0.360. The second-order valence-electron chi connectivity index (χ2n) is 9.83. The number of benzene rings is 3. The average molecular weight is 569 g/mol. The summed E-state index contributed by atoms with van der Waals surface area (Å²) in [4.78, 5) is 27.0. The van der Waals surface area contributed by atoms with Gasteiger partial charge in [-0.3, -0.25) is 14.3 Å². The molecule has 4 aromatic rings. The Morgan fingerprint density at radius 1 is 0.929 bits per heavy atom. The van der Waals surface area contributed by atoms with Gasteiger partial charge in [0.1, 0.15) is 35.0 Å². The van der Waals surface area contributed by atoms with Gasteiger partial charge in [0.05, 0.1) is 26.9 Å². The van der Waals surface area contributed by atoms with Gasteiger partial charge in [-0.1, -0.05) is 60.5 Å². The SMILES string of the molecule is CC#Cc1cn([C@H]2C[C@H](O)[C@@H](COC(c3ccccc3)(c3ccc(OC)cc3)c3ccc(OC)cc3)O2)c(=O)[nH]c1=O. The highest BCUT2D eigenvalue weighted by Gasteiger charge is 2.42. The number of rotatable bonds is 9. The van der Waals surface area contributed by atoms with Crippen LogP contribution in [0.3, 0.4) is 0 Å². The molecule has 216 valence electrons. The lowest BCUT2D eigenvalue weighted by Crippen LogP contribution is -2.38. The number of methoxy groups -OCH3 is 2. The molecule has 0 unspecified atom stereocenters. The van der Waals surface area contributed by atoms with E-state index in [2.05, 4.69) is 16.8 Å². The molecule has 3 aromatic carbocycles. The molecule has 1 aromatic heterocycles. The van der Waals surface area contributed by atoms with E-state index in [1.807, 2.05) is 78.9 Å². The fourth-order valence-corrected chi connectivity index (χ4v) is 5.24. The zero-order valence-corrected chi connectivity index (χ0v) is 23.6. The van der Waals surface area contributed by atoms with Gasteiger partial charge in [0, 0.05) is 12.6 Å². The van der Waals surface area contributed by atoms with Gasteiger partial charge in [-0.05, 0) is 47.9 Å². The second-order valence-corrected chi connectivity index (χ2v) is 9.83. The predicted molar refractivity (Wildman–Crippen MR) is 157 cm³/mol. The Balaban J connectivity index is 1.53. The molecule has 0 amide bonds. The van der Waals surface area contributed by atoms with Gasteiger partial charge in [0.25, 0.3) is 5.56 Å². The Bertz CT molecular complexity index is 1640. The smallest absolute Gasteiger partial charge is 0.330 e. The maximum absolute atomic E-state index is 12.6. The fourth-order valence-electron chi connectivity index (χ4n) is 5.24. The van der Waals surface area contributed by atoms with Crippen molar-refractivity contribution in [1.29, 1.82) is 0 Å². The molecule has 2 N–H and O–H groups in total. The van der Waals surface area contributed by atoms with Crippen molar-refractivity contribution in [2.24, 2.45) is 0 Å². The first-order valence-corrected chi connectivity index (χ1v) is 13.5. The van der Waals surface area contributed by atoms with E-state index >= 15 is 0 Å². The summed E-state index contributed by atoms with van der Waals surface area (Å²) < 4.78 is 25.1. The maximum Gasteiger partial charge on any atom is 0.330 e. The first-order valence-electron chi connectivity index (χ1n) is 13.5. The van der Waals surface area contributed by atoms with Crippen LogP contribution in [-0.2, 0) is 15.1 Å². The molecule has 1 fully saturated rings. The summed E-state index contributed by atoms with van der Waals surface area (Å²) in [6, 6.07) is 25.1. The largest absolute Gasteiger partial charge is 0.497 e. The van der Waals surface area contributed by atoms with Gasteiger partial charge in [-0.25, -0.2) is 4.79 Å². The summed E-state index contributed by atoms with van der Waals surface area (Å²) in [7, 11) is 3.22. The molecule has 1 aliphatic heterocycles. The molecule has 2 heterocycles. The molecule has 0 bridgehead atoms. The van der Waals surface area contributed by atoms with E-state index in [-0.39, 0.29) is 18.6 Å². The Morgan fingerprint density at radius 2 is 1.50 bits per heavy atom. The Hall–Kier alpha value is -4.62. The van der Waals surface area contributed by atoms with Gasteiger partial charge in [0.15, 0.2) is 0 Å². The van der Waals surface area contributed by atoms with Crippen LogP contribution in [0.15, 0.2) is 94.6 Å². The molecular formula is C33H32N2O7. The minimum Gasteiger partial charge on any atom is -0.497 e. The molecule has 0 aliphatic carbocycles. The summed E-state index contributed by atoms with van der Waals surface area (Å²) in [5, 5.41) is 11.0. The number of aliphatic hydroxyl groups excluding tert-OH is 1. The fraction of sp³-hybridized carbons (Fsp3) is 0.273. The van der Waals surface area contributed by atoms with Crippen LogP contribution in [0.2, 0.25) is 0 Å². The highest BCUT2D eigenvalue weighted by Crippen LogP contribution is 2.42. The monoisotopic (exact) mass is 568 g/mol. The number of hydrogen-bond donors (Lipinski definition) is 2. The molecular weight excluding hydrogens is 536 g/mol. The van der Waals surface area contributed by atoms with Gasteiger partial charge in [0.2, 0.25) is 0 Å². The molecule has 3 atom stereocenters. The third-order valence-electron chi connectivity index (χ3n) is 7.38. The van der Waals surface area contributed by atoms with Crippen molar-refractivity contribution >= 4 is 0 Å². The summed E-state index contributed by atoms with van der Waals surface area (Å²) in [5.74, 6) is 6.76. The van der Waals surface area contributed by atoms with Crippen LogP contribution in [0.4, 0.5) is 0 Å².